The smallest absolute Gasteiger partial charge is 0.387 e. The van der Waals surface area contributed by atoms with Gasteiger partial charge in [-0.05, 0) is 37.0 Å². The van der Waals surface area contributed by atoms with Crippen LogP contribution in [-0.4, -0.2) is 36.6 Å². The maximum Gasteiger partial charge on any atom is 0.387 e. The topological polar surface area (TPSA) is 50.8 Å². The Bertz CT molecular complexity index is 534. The third-order valence-corrected chi connectivity index (χ3v) is 4.04. The lowest BCUT2D eigenvalue weighted by atomic mass is 10.1. The summed E-state index contributed by atoms with van der Waals surface area (Å²) in [5.74, 6) is 1.11. The van der Waals surface area contributed by atoms with Crippen LogP contribution in [-0.2, 0) is 0 Å². The standard InChI is InChI=1S/C15H19F2N3O.HI/c1-20(10-4-5-10)15(18)19-13-8-12(13)9-2-6-11(7-3-9)21-14(16)17;/h2-3,6-7,10,12-14H,4-5,8H2,1H3,(H2,18,19);1H/t12-,13+;/m0./s1. The number of nitrogens with two attached hydrogens (primary N) is 1. The van der Waals surface area contributed by atoms with Crippen molar-refractivity contribution in [1.82, 2.24) is 4.90 Å². The molecule has 0 spiro atoms. The van der Waals surface area contributed by atoms with E-state index in [-0.39, 0.29) is 35.8 Å². The van der Waals surface area contributed by atoms with Gasteiger partial charge in [-0.1, -0.05) is 12.1 Å². The fourth-order valence-electron chi connectivity index (χ4n) is 2.49. The molecule has 3 rings (SSSR count). The molecular weight excluding hydrogens is 403 g/mol. The predicted molar refractivity (Wildman–Crippen MR) is 92.0 cm³/mol. The van der Waals surface area contributed by atoms with E-state index in [9.17, 15) is 8.78 Å². The van der Waals surface area contributed by atoms with Crippen LogP contribution in [0.15, 0.2) is 29.3 Å². The van der Waals surface area contributed by atoms with E-state index in [2.05, 4.69) is 9.73 Å². The molecule has 4 nitrogen and oxygen atoms in total. The SMILES string of the molecule is CN(C(N)=N[C@@H]1C[C@H]1c1ccc(OC(F)F)cc1)C1CC1.I. The lowest BCUT2D eigenvalue weighted by Gasteiger charge is -2.16. The molecule has 2 aliphatic carbocycles. The normalized spacial score (nSPS) is 23.9. The van der Waals surface area contributed by atoms with E-state index in [1.54, 1.807) is 12.1 Å². The summed E-state index contributed by atoms with van der Waals surface area (Å²) >= 11 is 0. The van der Waals surface area contributed by atoms with Gasteiger partial charge in [0.1, 0.15) is 5.75 Å². The molecule has 2 fully saturated rings. The molecule has 0 radical (unpaired) electrons. The fourth-order valence-corrected chi connectivity index (χ4v) is 2.49. The Morgan fingerprint density at radius 1 is 1.32 bits per heavy atom. The van der Waals surface area contributed by atoms with Crippen molar-refractivity contribution in [2.75, 3.05) is 7.05 Å². The van der Waals surface area contributed by atoms with Crippen molar-refractivity contribution in [1.29, 1.82) is 0 Å². The molecule has 1 aromatic carbocycles. The molecule has 0 heterocycles. The molecular formula is C15H20F2IN3O. The molecule has 0 aromatic heterocycles. The Hall–Kier alpha value is -1.12. The van der Waals surface area contributed by atoms with E-state index >= 15 is 0 Å². The Morgan fingerprint density at radius 2 is 1.95 bits per heavy atom. The average molecular weight is 423 g/mol. The van der Waals surface area contributed by atoms with Gasteiger partial charge in [0, 0.05) is 19.0 Å². The Balaban J connectivity index is 0.00000176. The quantitative estimate of drug-likeness (QED) is 0.450. The molecule has 2 saturated carbocycles. The van der Waals surface area contributed by atoms with E-state index < -0.39 is 6.61 Å². The Morgan fingerprint density at radius 3 is 2.50 bits per heavy atom. The van der Waals surface area contributed by atoms with Crippen LogP contribution < -0.4 is 10.5 Å². The van der Waals surface area contributed by atoms with Crippen LogP contribution in [0.5, 0.6) is 5.75 Å². The number of ether oxygens (including phenoxy) is 1. The number of halogens is 3. The molecule has 0 amide bonds. The summed E-state index contributed by atoms with van der Waals surface area (Å²) in [6, 6.07) is 7.53. The van der Waals surface area contributed by atoms with E-state index in [0.29, 0.717) is 17.9 Å². The van der Waals surface area contributed by atoms with Gasteiger partial charge in [0.25, 0.3) is 0 Å². The molecule has 122 valence electrons. The van der Waals surface area contributed by atoms with Crippen LogP contribution in [0.1, 0.15) is 30.7 Å². The summed E-state index contributed by atoms with van der Waals surface area (Å²) in [4.78, 5) is 6.58. The van der Waals surface area contributed by atoms with Crippen molar-refractivity contribution in [2.24, 2.45) is 10.7 Å². The number of benzene rings is 1. The third-order valence-electron chi connectivity index (χ3n) is 4.04. The minimum absolute atomic E-state index is 0. The van der Waals surface area contributed by atoms with Crippen molar-refractivity contribution in [3.63, 3.8) is 0 Å². The van der Waals surface area contributed by atoms with Gasteiger partial charge >= 0.3 is 6.61 Å². The van der Waals surface area contributed by atoms with Crippen LogP contribution in [0.3, 0.4) is 0 Å². The first-order chi connectivity index (χ1) is 10.0. The van der Waals surface area contributed by atoms with Crippen molar-refractivity contribution in [3.05, 3.63) is 29.8 Å². The van der Waals surface area contributed by atoms with Crippen LogP contribution >= 0.6 is 24.0 Å². The number of nitrogens with zero attached hydrogens (tertiary/aromatic N) is 2. The first-order valence-corrected chi connectivity index (χ1v) is 7.15. The Labute approximate surface area is 145 Å². The summed E-state index contributed by atoms with van der Waals surface area (Å²) in [7, 11) is 1.98. The van der Waals surface area contributed by atoms with Crippen LogP contribution in [0.2, 0.25) is 0 Å². The monoisotopic (exact) mass is 423 g/mol. The summed E-state index contributed by atoms with van der Waals surface area (Å²) < 4.78 is 28.5. The molecule has 0 aliphatic heterocycles. The van der Waals surface area contributed by atoms with Gasteiger partial charge in [0.2, 0.25) is 0 Å². The second-order valence-electron chi connectivity index (χ2n) is 5.69. The summed E-state index contributed by atoms with van der Waals surface area (Å²) in [6.07, 6.45) is 3.33. The first-order valence-electron chi connectivity index (χ1n) is 7.15. The summed E-state index contributed by atoms with van der Waals surface area (Å²) in [5.41, 5.74) is 7.08. The lowest BCUT2D eigenvalue weighted by molar-refractivity contribution is -0.0498. The van der Waals surface area contributed by atoms with Gasteiger partial charge in [-0.2, -0.15) is 8.78 Å². The minimum atomic E-state index is -2.79. The van der Waals surface area contributed by atoms with Crippen molar-refractivity contribution in [2.45, 2.75) is 43.9 Å². The van der Waals surface area contributed by atoms with Gasteiger partial charge < -0.3 is 15.4 Å². The van der Waals surface area contributed by atoms with E-state index in [1.165, 1.54) is 12.8 Å². The summed E-state index contributed by atoms with van der Waals surface area (Å²) in [5, 5.41) is 0. The Kier molecular flexibility index (Phi) is 5.46. The highest BCUT2D eigenvalue weighted by molar-refractivity contribution is 14.0. The zero-order valence-corrected chi connectivity index (χ0v) is 14.6. The van der Waals surface area contributed by atoms with Crippen molar-refractivity contribution in [3.8, 4) is 5.75 Å². The highest BCUT2D eigenvalue weighted by atomic mass is 127. The maximum atomic E-state index is 12.1. The number of aliphatic imine (C=N–C) groups is 1. The molecule has 2 N–H and O–H groups in total. The highest BCUT2D eigenvalue weighted by Gasteiger charge is 2.39. The van der Waals surface area contributed by atoms with Crippen LogP contribution in [0.25, 0.3) is 0 Å². The number of hydrogen-bond acceptors (Lipinski definition) is 2. The molecule has 2 aliphatic rings. The van der Waals surface area contributed by atoms with Crippen molar-refractivity contribution < 1.29 is 13.5 Å². The predicted octanol–water partition coefficient (Wildman–Crippen LogP) is 3.17. The largest absolute Gasteiger partial charge is 0.435 e. The number of hydrogen-bond donors (Lipinski definition) is 1. The van der Waals surface area contributed by atoms with Gasteiger partial charge in [-0.25, -0.2) is 4.99 Å². The molecule has 22 heavy (non-hydrogen) atoms. The zero-order valence-electron chi connectivity index (χ0n) is 12.3. The lowest BCUT2D eigenvalue weighted by Crippen LogP contribution is -2.36. The van der Waals surface area contributed by atoms with Gasteiger partial charge in [0.15, 0.2) is 5.96 Å². The zero-order chi connectivity index (χ0) is 15.0. The second-order valence-corrected chi connectivity index (χ2v) is 5.69. The molecule has 0 unspecified atom stereocenters. The summed E-state index contributed by atoms with van der Waals surface area (Å²) in [6.45, 7) is -2.79. The van der Waals surface area contributed by atoms with E-state index in [4.69, 9.17) is 5.73 Å². The molecule has 0 saturated heterocycles. The van der Waals surface area contributed by atoms with Gasteiger partial charge in [-0.3, -0.25) is 0 Å². The second kappa shape index (κ2) is 6.97. The minimum Gasteiger partial charge on any atom is -0.435 e. The van der Waals surface area contributed by atoms with Crippen LogP contribution in [0, 0.1) is 0 Å². The van der Waals surface area contributed by atoms with Crippen molar-refractivity contribution >= 4 is 29.9 Å². The number of rotatable bonds is 5. The third kappa shape index (κ3) is 4.21. The first kappa shape index (κ1) is 17.2. The molecule has 2 atom stereocenters. The number of alkyl halides is 2. The number of guanidine groups is 1. The molecule has 0 bridgehead atoms. The maximum absolute atomic E-state index is 12.1. The average Bonchev–Trinajstić information content (AvgIpc) is 3.33. The van der Waals surface area contributed by atoms with Crippen LogP contribution in [0.4, 0.5) is 8.78 Å². The highest BCUT2D eigenvalue weighted by Crippen LogP contribution is 2.44. The van der Waals surface area contributed by atoms with E-state index in [1.807, 2.05) is 24.1 Å². The molecule has 1 aromatic rings. The fraction of sp³-hybridized carbons (Fsp3) is 0.533. The van der Waals surface area contributed by atoms with E-state index in [0.717, 1.165) is 12.0 Å². The molecule has 7 heteroatoms. The van der Waals surface area contributed by atoms with Gasteiger partial charge in [-0.15, -0.1) is 24.0 Å². The van der Waals surface area contributed by atoms with Gasteiger partial charge in [0.05, 0.1) is 6.04 Å².